The van der Waals surface area contributed by atoms with Crippen LogP contribution in [0.1, 0.15) is 41.2 Å². The Kier molecular flexibility index (Phi) is 4.00. The largest absolute Gasteiger partial charge is 0.306 e. The molecular formula is C15H22N4. The molecule has 2 aromatic rings. The van der Waals surface area contributed by atoms with Crippen LogP contribution in [-0.2, 0) is 13.6 Å². The van der Waals surface area contributed by atoms with E-state index in [2.05, 4.69) is 42.2 Å². The maximum atomic E-state index is 4.46. The number of hydrogen-bond acceptors (Lipinski definition) is 3. The smallest absolute Gasteiger partial charge is 0.0644 e. The third-order valence-corrected chi connectivity index (χ3v) is 3.58. The van der Waals surface area contributed by atoms with Crippen LogP contribution in [0.15, 0.2) is 18.3 Å². The molecule has 0 bridgehead atoms. The third kappa shape index (κ3) is 3.01. The molecule has 0 aliphatic carbocycles. The molecule has 4 heteroatoms. The molecule has 0 saturated carbocycles. The van der Waals surface area contributed by atoms with E-state index in [1.807, 2.05) is 30.9 Å². The molecule has 0 radical (unpaired) electrons. The summed E-state index contributed by atoms with van der Waals surface area (Å²) in [6.07, 6.45) is 1.93. The van der Waals surface area contributed by atoms with Crippen molar-refractivity contribution < 1.29 is 0 Å². The molecule has 1 N–H and O–H groups in total. The van der Waals surface area contributed by atoms with E-state index in [1.165, 1.54) is 16.8 Å². The number of pyridine rings is 1. The summed E-state index contributed by atoms with van der Waals surface area (Å²) < 4.78 is 1.94. The maximum absolute atomic E-state index is 4.46. The Morgan fingerprint density at radius 2 is 2.00 bits per heavy atom. The highest BCUT2D eigenvalue weighted by molar-refractivity contribution is 5.27. The quantitative estimate of drug-likeness (QED) is 0.916. The minimum Gasteiger partial charge on any atom is -0.306 e. The van der Waals surface area contributed by atoms with Gasteiger partial charge in [-0.1, -0.05) is 6.07 Å². The second-order valence-corrected chi connectivity index (χ2v) is 5.12. The molecule has 0 fully saturated rings. The molecule has 1 unspecified atom stereocenters. The summed E-state index contributed by atoms with van der Waals surface area (Å²) in [6.45, 7) is 9.18. The van der Waals surface area contributed by atoms with E-state index in [9.17, 15) is 0 Å². The van der Waals surface area contributed by atoms with Crippen molar-refractivity contribution in [3.63, 3.8) is 0 Å². The van der Waals surface area contributed by atoms with Crippen molar-refractivity contribution in [2.75, 3.05) is 0 Å². The summed E-state index contributed by atoms with van der Waals surface area (Å²) in [6, 6.07) is 4.45. The topological polar surface area (TPSA) is 42.7 Å². The van der Waals surface area contributed by atoms with Crippen molar-refractivity contribution in [3.05, 3.63) is 46.5 Å². The summed E-state index contributed by atoms with van der Waals surface area (Å²) in [4.78, 5) is 4.31. The van der Waals surface area contributed by atoms with E-state index >= 15 is 0 Å². The fourth-order valence-electron chi connectivity index (χ4n) is 2.39. The van der Waals surface area contributed by atoms with Gasteiger partial charge in [0, 0.05) is 42.8 Å². The van der Waals surface area contributed by atoms with Gasteiger partial charge in [-0.25, -0.2) is 0 Å². The van der Waals surface area contributed by atoms with Crippen molar-refractivity contribution >= 4 is 0 Å². The molecule has 102 valence electrons. The lowest BCUT2D eigenvalue weighted by atomic mass is 10.1. The van der Waals surface area contributed by atoms with E-state index in [0.29, 0.717) is 0 Å². The predicted molar refractivity (Wildman–Crippen MR) is 76.9 cm³/mol. The number of nitrogens with zero attached hydrogens (tertiary/aromatic N) is 3. The van der Waals surface area contributed by atoms with E-state index in [-0.39, 0.29) is 6.04 Å². The van der Waals surface area contributed by atoms with Gasteiger partial charge >= 0.3 is 0 Å². The van der Waals surface area contributed by atoms with Crippen LogP contribution in [0.2, 0.25) is 0 Å². The normalized spacial score (nSPS) is 12.7. The molecular weight excluding hydrogens is 236 g/mol. The third-order valence-electron chi connectivity index (χ3n) is 3.58. The highest BCUT2D eigenvalue weighted by atomic mass is 15.3. The molecule has 0 spiro atoms. The molecule has 2 aromatic heterocycles. The molecule has 2 heterocycles. The van der Waals surface area contributed by atoms with Crippen LogP contribution in [0.25, 0.3) is 0 Å². The summed E-state index contributed by atoms with van der Waals surface area (Å²) >= 11 is 0. The molecule has 0 aliphatic heterocycles. The molecule has 0 amide bonds. The van der Waals surface area contributed by atoms with Gasteiger partial charge in [0.05, 0.1) is 5.69 Å². The fraction of sp³-hybridized carbons (Fsp3) is 0.467. The molecule has 0 saturated heterocycles. The van der Waals surface area contributed by atoms with Crippen LogP contribution in [0, 0.1) is 20.8 Å². The van der Waals surface area contributed by atoms with Gasteiger partial charge < -0.3 is 5.32 Å². The second-order valence-electron chi connectivity index (χ2n) is 5.12. The van der Waals surface area contributed by atoms with Gasteiger partial charge in [0.2, 0.25) is 0 Å². The minimum absolute atomic E-state index is 0.287. The van der Waals surface area contributed by atoms with Gasteiger partial charge in [0.15, 0.2) is 0 Å². The number of aromatic nitrogens is 3. The lowest BCUT2D eigenvalue weighted by Gasteiger charge is -2.14. The zero-order valence-corrected chi connectivity index (χ0v) is 12.4. The Morgan fingerprint density at radius 1 is 1.26 bits per heavy atom. The van der Waals surface area contributed by atoms with E-state index < -0.39 is 0 Å². The average Bonchev–Trinajstić information content (AvgIpc) is 2.62. The molecule has 0 aromatic carbocycles. The van der Waals surface area contributed by atoms with Crippen LogP contribution in [0.5, 0.6) is 0 Å². The highest BCUT2D eigenvalue weighted by Gasteiger charge is 2.15. The van der Waals surface area contributed by atoms with Gasteiger partial charge in [0.25, 0.3) is 0 Å². The van der Waals surface area contributed by atoms with Gasteiger partial charge in [-0.3, -0.25) is 9.67 Å². The number of nitrogens with one attached hydrogen (secondary N) is 1. The number of rotatable bonds is 4. The Balaban J connectivity index is 2.05. The van der Waals surface area contributed by atoms with Crippen molar-refractivity contribution in [1.29, 1.82) is 0 Å². The number of hydrogen-bond donors (Lipinski definition) is 1. The zero-order chi connectivity index (χ0) is 14.0. The van der Waals surface area contributed by atoms with Crippen LogP contribution in [-0.4, -0.2) is 14.8 Å². The van der Waals surface area contributed by atoms with Gasteiger partial charge in [-0.15, -0.1) is 0 Å². The Morgan fingerprint density at radius 3 is 2.53 bits per heavy atom. The zero-order valence-electron chi connectivity index (χ0n) is 12.4. The van der Waals surface area contributed by atoms with Crippen molar-refractivity contribution in [2.24, 2.45) is 7.05 Å². The van der Waals surface area contributed by atoms with Gasteiger partial charge in [-0.2, -0.15) is 5.10 Å². The maximum Gasteiger partial charge on any atom is 0.0644 e. The Hall–Kier alpha value is -1.68. The average molecular weight is 258 g/mol. The SMILES string of the molecule is Cc1ccc(CNC(C)c2c(C)nn(C)c2C)cn1. The van der Waals surface area contributed by atoms with Gasteiger partial charge in [-0.05, 0) is 39.3 Å². The first-order chi connectivity index (χ1) is 8.99. The molecule has 0 aliphatic rings. The standard InChI is InChI=1S/C15H22N4/c1-10-6-7-14(8-16-10)9-17-11(2)15-12(3)18-19(5)13(15)4/h6-8,11,17H,9H2,1-5H3. The Bertz CT molecular complexity index is 554. The first-order valence-corrected chi connectivity index (χ1v) is 6.64. The second kappa shape index (κ2) is 5.53. The van der Waals surface area contributed by atoms with E-state index in [0.717, 1.165) is 17.9 Å². The van der Waals surface area contributed by atoms with Crippen LogP contribution in [0.4, 0.5) is 0 Å². The number of aryl methyl sites for hydroxylation is 3. The van der Waals surface area contributed by atoms with Crippen LogP contribution >= 0.6 is 0 Å². The first-order valence-electron chi connectivity index (χ1n) is 6.64. The summed E-state index contributed by atoms with van der Waals surface area (Å²) in [5.74, 6) is 0. The lowest BCUT2D eigenvalue weighted by molar-refractivity contribution is 0.567. The molecule has 1 atom stereocenters. The summed E-state index contributed by atoms with van der Waals surface area (Å²) in [5, 5.41) is 8.00. The van der Waals surface area contributed by atoms with Crippen molar-refractivity contribution in [3.8, 4) is 0 Å². The summed E-state index contributed by atoms with van der Waals surface area (Å²) in [5.41, 5.74) is 5.87. The Labute approximate surface area is 114 Å². The summed E-state index contributed by atoms with van der Waals surface area (Å²) in [7, 11) is 1.99. The minimum atomic E-state index is 0.287. The van der Waals surface area contributed by atoms with Crippen LogP contribution in [0.3, 0.4) is 0 Å². The van der Waals surface area contributed by atoms with E-state index in [4.69, 9.17) is 0 Å². The van der Waals surface area contributed by atoms with Crippen molar-refractivity contribution in [2.45, 2.75) is 40.3 Å². The first kappa shape index (κ1) is 13.7. The lowest BCUT2D eigenvalue weighted by Crippen LogP contribution is -2.19. The monoisotopic (exact) mass is 258 g/mol. The molecule has 19 heavy (non-hydrogen) atoms. The predicted octanol–water partition coefficient (Wildman–Crippen LogP) is 2.59. The van der Waals surface area contributed by atoms with Crippen molar-refractivity contribution in [1.82, 2.24) is 20.1 Å². The fourth-order valence-corrected chi connectivity index (χ4v) is 2.39. The van der Waals surface area contributed by atoms with Gasteiger partial charge in [0.1, 0.15) is 0 Å². The highest BCUT2D eigenvalue weighted by Crippen LogP contribution is 2.20. The van der Waals surface area contributed by atoms with E-state index in [1.54, 1.807) is 0 Å². The molecule has 2 rings (SSSR count). The van der Waals surface area contributed by atoms with Crippen LogP contribution < -0.4 is 5.32 Å². The molecule has 4 nitrogen and oxygen atoms in total.